The lowest BCUT2D eigenvalue weighted by Gasteiger charge is -2.52. The summed E-state index contributed by atoms with van der Waals surface area (Å²) >= 11 is 0. The summed E-state index contributed by atoms with van der Waals surface area (Å²) in [6.45, 7) is 0. The molecule has 3 aliphatic rings. The Balaban J connectivity index is 1.64. The van der Waals surface area contributed by atoms with Gasteiger partial charge in [0.1, 0.15) is 5.75 Å². The third-order valence-corrected chi connectivity index (χ3v) is 8.20. The second-order valence-corrected chi connectivity index (χ2v) is 10.4. The standard InChI is InChI=1S/C27H27N3O8/c1-30(2)21-15-9-12-8-14-13(11-4-7-17(38-3)29-10-11)5-6-16(31)19(14)22(32)18(12)24(34)27(15,37)25(35)20(23(21)33)26(28)36/h4-7,10,12,15,18,20-21,31,37H,8-9H2,1-3H3,(H2,28,36)/t12-,15-,18?,20?,21-,27-/m0/s1. The van der Waals surface area contributed by atoms with Gasteiger partial charge >= 0.3 is 0 Å². The second kappa shape index (κ2) is 8.81. The zero-order valence-electron chi connectivity index (χ0n) is 21.0. The number of nitrogens with zero attached hydrogens (tertiary/aromatic N) is 2. The number of hydrogen-bond donors (Lipinski definition) is 3. The molecule has 1 aromatic heterocycles. The van der Waals surface area contributed by atoms with Crippen LogP contribution in [-0.4, -0.2) is 82.0 Å². The van der Waals surface area contributed by atoms with E-state index in [-0.39, 0.29) is 24.2 Å². The maximum absolute atomic E-state index is 13.8. The number of carbonyl (C=O) groups is 5. The van der Waals surface area contributed by atoms with Crippen molar-refractivity contribution < 1.29 is 38.9 Å². The fraction of sp³-hybridized carbons (Fsp3) is 0.407. The molecule has 11 nitrogen and oxygen atoms in total. The third kappa shape index (κ3) is 3.42. The Hall–Kier alpha value is -3.96. The van der Waals surface area contributed by atoms with E-state index in [0.29, 0.717) is 22.6 Å². The van der Waals surface area contributed by atoms with E-state index in [1.165, 1.54) is 18.1 Å². The summed E-state index contributed by atoms with van der Waals surface area (Å²) in [6, 6.07) is 5.26. The molecule has 38 heavy (non-hydrogen) atoms. The van der Waals surface area contributed by atoms with Crippen molar-refractivity contribution >= 4 is 29.0 Å². The zero-order chi connectivity index (χ0) is 27.7. The van der Waals surface area contributed by atoms with Crippen molar-refractivity contribution in [1.82, 2.24) is 9.88 Å². The van der Waals surface area contributed by atoms with Crippen LogP contribution >= 0.6 is 0 Å². The molecule has 0 aliphatic heterocycles. The number of Topliss-reactive ketones (excluding diaryl/α,β-unsaturated/α-hetero) is 4. The number of aromatic hydroxyl groups is 1. The van der Waals surface area contributed by atoms with E-state index in [9.17, 15) is 34.2 Å². The molecule has 1 aromatic carbocycles. The smallest absolute Gasteiger partial charge is 0.235 e. The van der Waals surface area contributed by atoms with Gasteiger partial charge in [0.15, 0.2) is 34.7 Å². The van der Waals surface area contributed by atoms with Gasteiger partial charge in [-0.2, -0.15) is 0 Å². The van der Waals surface area contributed by atoms with Gasteiger partial charge in [0.05, 0.1) is 24.6 Å². The van der Waals surface area contributed by atoms with Gasteiger partial charge in [-0.1, -0.05) is 6.07 Å². The van der Waals surface area contributed by atoms with Crippen molar-refractivity contribution in [3.63, 3.8) is 0 Å². The first-order chi connectivity index (χ1) is 17.9. The number of ether oxygens (including phenoxy) is 1. The molecule has 0 saturated heterocycles. The maximum Gasteiger partial charge on any atom is 0.235 e. The highest BCUT2D eigenvalue weighted by Crippen LogP contribution is 2.51. The molecular formula is C27H27N3O8. The lowest BCUT2D eigenvalue weighted by atomic mass is 9.52. The summed E-state index contributed by atoms with van der Waals surface area (Å²) in [5.41, 5.74) is 4.31. The molecule has 1 amide bonds. The molecule has 198 valence electrons. The number of primary amides is 1. The van der Waals surface area contributed by atoms with Gasteiger partial charge < -0.3 is 20.7 Å². The summed E-state index contributed by atoms with van der Waals surface area (Å²) in [5, 5.41) is 22.3. The summed E-state index contributed by atoms with van der Waals surface area (Å²) in [4.78, 5) is 71.8. The average molecular weight is 522 g/mol. The number of fused-ring (bicyclic) bond motifs is 3. The number of amides is 1. The van der Waals surface area contributed by atoms with Crippen LogP contribution in [0.25, 0.3) is 11.1 Å². The number of benzene rings is 1. The minimum absolute atomic E-state index is 0.0140. The number of phenolic OH excluding ortho intramolecular Hbond substituents is 1. The molecule has 2 aromatic rings. The van der Waals surface area contributed by atoms with Gasteiger partial charge in [-0.15, -0.1) is 0 Å². The Kier molecular flexibility index (Phi) is 5.96. The van der Waals surface area contributed by atoms with Crippen LogP contribution < -0.4 is 10.5 Å². The van der Waals surface area contributed by atoms with E-state index in [1.54, 1.807) is 38.5 Å². The van der Waals surface area contributed by atoms with Gasteiger partial charge in [-0.3, -0.25) is 28.9 Å². The number of carbonyl (C=O) groups excluding carboxylic acids is 5. The minimum atomic E-state index is -2.75. The first kappa shape index (κ1) is 25.7. The number of hydrogen-bond acceptors (Lipinski definition) is 10. The average Bonchev–Trinajstić information content (AvgIpc) is 2.86. The van der Waals surface area contributed by atoms with E-state index < -0.39 is 64.4 Å². The fourth-order valence-corrected chi connectivity index (χ4v) is 6.54. The first-order valence-corrected chi connectivity index (χ1v) is 12.1. The highest BCUT2D eigenvalue weighted by atomic mass is 16.5. The van der Waals surface area contributed by atoms with Crippen molar-refractivity contribution in [2.75, 3.05) is 21.2 Å². The fourth-order valence-electron chi connectivity index (χ4n) is 6.54. The highest BCUT2D eigenvalue weighted by molar-refractivity contribution is 6.32. The SMILES string of the molecule is COc1ccc(-c2ccc(O)c3c2C[C@H]2C[C@H]4[C@H](N(C)C)C(=O)C(C(N)=O)C(=O)[C@@]4(O)C(=O)C2C3=O)cn1. The van der Waals surface area contributed by atoms with Crippen LogP contribution in [0.2, 0.25) is 0 Å². The number of methoxy groups -OCH3 is 1. The van der Waals surface area contributed by atoms with Gasteiger partial charge in [0.25, 0.3) is 0 Å². The Morgan fingerprint density at radius 3 is 2.42 bits per heavy atom. The number of pyridine rings is 1. The van der Waals surface area contributed by atoms with Gasteiger partial charge in [0, 0.05) is 23.7 Å². The van der Waals surface area contributed by atoms with Crippen LogP contribution in [0.5, 0.6) is 11.6 Å². The van der Waals surface area contributed by atoms with Gasteiger partial charge in [-0.25, -0.2) is 4.98 Å². The molecule has 5 rings (SSSR count). The van der Waals surface area contributed by atoms with E-state index in [0.717, 1.165) is 0 Å². The first-order valence-electron chi connectivity index (χ1n) is 12.1. The van der Waals surface area contributed by atoms with Gasteiger partial charge in [0.2, 0.25) is 11.8 Å². The largest absolute Gasteiger partial charge is 0.507 e. The van der Waals surface area contributed by atoms with Gasteiger partial charge in [-0.05, 0) is 56.1 Å². The predicted molar refractivity (Wildman–Crippen MR) is 131 cm³/mol. The van der Waals surface area contributed by atoms with E-state index in [4.69, 9.17) is 10.5 Å². The Labute approximate surface area is 217 Å². The number of aliphatic hydroxyl groups is 1. The maximum atomic E-state index is 13.8. The lowest BCUT2D eigenvalue weighted by Crippen LogP contribution is -2.74. The molecule has 2 saturated carbocycles. The van der Waals surface area contributed by atoms with E-state index >= 15 is 0 Å². The van der Waals surface area contributed by atoms with Crippen molar-refractivity contribution in [3.05, 3.63) is 41.6 Å². The van der Waals surface area contributed by atoms with Crippen LogP contribution in [0.15, 0.2) is 30.5 Å². The van der Waals surface area contributed by atoms with Crippen LogP contribution in [-0.2, 0) is 25.6 Å². The van der Waals surface area contributed by atoms with Crippen LogP contribution in [0, 0.1) is 23.7 Å². The van der Waals surface area contributed by atoms with Crippen molar-refractivity contribution in [3.8, 4) is 22.8 Å². The number of aromatic nitrogens is 1. The van der Waals surface area contributed by atoms with Crippen LogP contribution in [0.1, 0.15) is 22.3 Å². The van der Waals surface area contributed by atoms with E-state index in [1.807, 2.05) is 0 Å². The highest BCUT2D eigenvalue weighted by Gasteiger charge is 2.69. The zero-order valence-corrected chi connectivity index (χ0v) is 21.0. The normalized spacial score (nSPS) is 30.5. The number of nitrogens with two attached hydrogens (primary N) is 1. The van der Waals surface area contributed by atoms with Crippen LogP contribution in [0.4, 0.5) is 0 Å². The molecular weight excluding hydrogens is 494 g/mol. The van der Waals surface area contributed by atoms with Crippen LogP contribution in [0.3, 0.4) is 0 Å². The van der Waals surface area contributed by atoms with E-state index in [2.05, 4.69) is 4.98 Å². The van der Waals surface area contributed by atoms with Crippen molar-refractivity contribution in [2.24, 2.45) is 29.4 Å². The molecule has 2 fully saturated rings. The molecule has 4 N–H and O–H groups in total. The summed E-state index contributed by atoms with van der Waals surface area (Å²) in [7, 11) is 4.57. The minimum Gasteiger partial charge on any atom is -0.507 e. The summed E-state index contributed by atoms with van der Waals surface area (Å²) in [5.74, 6) is -10.3. The number of rotatable bonds is 4. The monoisotopic (exact) mass is 521 g/mol. The van der Waals surface area contributed by atoms with Crippen molar-refractivity contribution in [1.29, 1.82) is 0 Å². The second-order valence-electron chi connectivity index (χ2n) is 10.4. The summed E-state index contributed by atoms with van der Waals surface area (Å²) in [6.07, 6.45) is 1.72. The molecule has 0 bridgehead atoms. The quantitative estimate of drug-likeness (QED) is 0.462. The number of ketones is 4. The predicted octanol–water partition coefficient (Wildman–Crippen LogP) is -0.0624. The lowest BCUT2D eigenvalue weighted by molar-refractivity contribution is -0.181. The number of likely N-dealkylation sites (N-methyl/N-ethyl adjacent to an activating group) is 1. The summed E-state index contributed by atoms with van der Waals surface area (Å²) < 4.78 is 5.11. The Morgan fingerprint density at radius 1 is 1.13 bits per heavy atom. The number of phenols is 1. The third-order valence-electron chi connectivity index (χ3n) is 8.20. The van der Waals surface area contributed by atoms with Crippen molar-refractivity contribution in [2.45, 2.75) is 24.5 Å². The molecule has 11 heteroatoms. The topological polar surface area (TPSA) is 177 Å². The Morgan fingerprint density at radius 2 is 1.84 bits per heavy atom. The molecule has 1 heterocycles. The molecule has 0 spiro atoms. The molecule has 3 aliphatic carbocycles. The molecule has 6 atom stereocenters. The Bertz CT molecular complexity index is 1400. The molecule has 0 radical (unpaired) electrons. The molecule has 2 unspecified atom stereocenters.